The van der Waals surface area contributed by atoms with Crippen LogP contribution in [0.5, 0.6) is 0 Å². The highest BCUT2D eigenvalue weighted by atomic mass is 35.5. The molecule has 1 aromatic carbocycles. The normalized spacial score (nSPS) is 21.6. The van der Waals surface area contributed by atoms with Crippen molar-refractivity contribution in [2.75, 3.05) is 0 Å². The highest BCUT2D eigenvalue weighted by Gasteiger charge is 2.30. The number of fused-ring (bicyclic) bond motifs is 1. The van der Waals surface area contributed by atoms with E-state index in [4.69, 9.17) is 11.6 Å². The number of aryl methyl sites for hydroxylation is 1. The lowest BCUT2D eigenvalue weighted by molar-refractivity contribution is 0.535. The number of halogens is 1. The summed E-state index contributed by atoms with van der Waals surface area (Å²) in [6.07, 6.45) is 4.95. The summed E-state index contributed by atoms with van der Waals surface area (Å²) in [4.78, 5) is 0. The van der Waals surface area contributed by atoms with Gasteiger partial charge in [0, 0.05) is 30.9 Å². The average Bonchev–Trinajstić information content (AvgIpc) is 3.00. The minimum atomic E-state index is 0.138. The van der Waals surface area contributed by atoms with Gasteiger partial charge in [0.25, 0.3) is 0 Å². The van der Waals surface area contributed by atoms with Crippen molar-refractivity contribution in [3.05, 3.63) is 53.3 Å². The zero-order chi connectivity index (χ0) is 13.2. The van der Waals surface area contributed by atoms with Crippen molar-refractivity contribution in [2.24, 2.45) is 0 Å². The van der Waals surface area contributed by atoms with E-state index in [0.717, 1.165) is 19.5 Å². The first-order valence-corrected chi connectivity index (χ1v) is 7.18. The van der Waals surface area contributed by atoms with Crippen LogP contribution < -0.4 is 5.32 Å². The van der Waals surface area contributed by atoms with Crippen LogP contribution in [0.2, 0.25) is 0 Å². The molecule has 1 aliphatic rings. The molecule has 1 aliphatic carbocycles. The maximum Gasteiger partial charge on any atom is 0.0571 e. The van der Waals surface area contributed by atoms with Gasteiger partial charge in [-0.2, -0.15) is 5.10 Å². The molecule has 2 atom stereocenters. The first-order valence-electron chi connectivity index (χ1n) is 6.74. The Morgan fingerprint density at radius 3 is 3.05 bits per heavy atom. The zero-order valence-corrected chi connectivity index (χ0v) is 11.8. The van der Waals surface area contributed by atoms with Crippen molar-refractivity contribution in [1.29, 1.82) is 0 Å². The number of nitrogens with zero attached hydrogens (tertiary/aromatic N) is 2. The topological polar surface area (TPSA) is 29.9 Å². The third kappa shape index (κ3) is 2.53. The van der Waals surface area contributed by atoms with Crippen LogP contribution in [-0.4, -0.2) is 15.2 Å². The molecular formula is C15H18ClN3. The molecule has 0 aliphatic heterocycles. The Balaban J connectivity index is 1.70. The molecule has 19 heavy (non-hydrogen) atoms. The van der Waals surface area contributed by atoms with Crippen LogP contribution in [-0.2, 0) is 19.5 Å². The molecule has 1 N–H and O–H groups in total. The van der Waals surface area contributed by atoms with Crippen LogP contribution >= 0.6 is 11.6 Å². The van der Waals surface area contributed by atoms with E-state index in [1.165, 1.54) is 16.7 Å². The molecule has 2 unspecified atom stereocenters. The third-order valence-electron chi connectivity index (χ3n) is 3.70. The molecule has 3 nitrogen and oxygen atoms in total. The van der Waals surface area contributed by atoms with Crippen molar-refractivity contribution < 1.29 is 0 Å². The fourth-order valence-electron chi connectivity index (χ4n) is 2.68. The van der Waals surface area contributed by atoms with E-state index >= 15 is 0 Å². The van der Waals surface area contributed by atoms with Gasteiger partial charge in [-0.15, -0.1) is 11.6 Å². The SMILES string of the molecule is CCn1cc(CNC2c3ccccc3CC2Cl)cn1. The molecule has 1 heterocycles. The zero-order valence-electron chi connectivity index (χ0n) is 11.0. The third-order valence-corrected chi connectivity index (χ3v) is 4.11. The summed E-state index contributed by atoms with van der Waals surface area (Å²) < 4.78 is 1.94. The van der Waals surface area contributed by atoms with Gasteiger partial charge in [-0.1, -0.05) is 24.3 Å². The molecule has 0 bridgehead atoms. The van der Waals surface area contributed by atoms with E-state index in [1.807, 2.05) is 10.9 Å². The van der Waals surface area contributed by atoms with Gasteiger partial charge in [0.2, 0.25) is 0 Å². The maximum absolute atomic E-state index is 6.46. The fraction of sp³-hybridized carbons (Fsp3) is 0.400. The maximum atomic E-state index is 6.46. The Labute approximate surface area is 118 Å². The van der Waals surface area contributed by atoms with E-state index in [-0.39, 0.29) is 11.4 Å². The Kier molecular flexibility index (Phi) is 3.58. The van der Waals surface area contributed by atoms with E-state index in [0.29, 0.717) is 0 Å². The standard InChI is InChI=1S/C15H18ClN3/c1-2-19-10-11(9-18-19)8-17-15-13-6-4-3-5-12(13)7-14(15)16/h3-6,9-10,14-15,17H,2,7-8H2,1H3. The second kappa shape index (κ2) is 5.35. The van der Waals surface area contributed by atoms with Crippen molar-refractivity contribution in [1.82, 2.24) is 15.1 Å². The molecule has 0 fully saturated rings. The molecule has 1 aromatic heterocycles. The van der Waals surface area contributed by atoms with Crippen molar-refractivity contribution in [2.45, 2.75) is 37.9 Å². The fourth-order valence-corrected chi connectivity index (χ4v) is 3.07. The number of aromatic nitrogens is 2. The predicted molar refractivity (Wildman–Crippen MR) is 77.3 cm³/mol. The first-order chi connectivity index (χ1) is 9.28. The number of alkyl halides is 1. The molecule has 0 saturated carbocycles. The molecule has 2 aromatic rings. The summed E-state index contributed by atoms with van der Waals surface area (Å²) in [7, 11) is 0. The van der Waals surface area contributed by atoms with Gasteiger partial charge in [-0.3, -0.25) is 4.68 Å². The lowest BCUT2D eigenvalue weighted by atomic mass is 10.1. The summed E-state index contributed by atoms with van der Waals surface area (Å²) in [5, 5.41) is 7.98. The van der Waals surface area contributed by atoms with E-state index < -0.39 is 0 Å². The lowest BCUT2D eigenvalue weighted by Crippen LogP contribution is -2.25. The van der Waals surface area contributed by atoms with Gasteiger partial charge in [0.15, 0.2) is 0 Å². The van der Waals surface area contributed by atoms with Gasteiger partial charge in [0.05, 0.1) is 11.6 Å². The number of rotatable bonds is 4. The molecule has 3 rings (SSSR count). The minimum absolute atomic E-state index is 0.138. The van der Waals surface area contributed by atoms with Crippen LogP contribution in [0.4, 0.5) is 0 Å². The second-order valence-corrected chi connectivity index (χ2v) is 5.54. The number of hydrogen-bond donors (Lipinski definition) is 1. The van der Waals surface area contributed by atoms with Crippen LogP contribution in [0, 0.1) is 0 Å². The smallest absolute Gasteiger partial charge is 0.0571 e. The minimum Gasteiger partial charge on any atom is -0.304 e. The molecular weight excluding hydrogens is 258 g/mol. The Morgan fingerprint density at radius 1 is 1.42 bits per heavy atom. The monoisotopic (exact) mass is 275 g/mol. The van der Waals surface area contributed by atoms with Gasteiger partial charge in [0.1, 0.15) is 0 Å². The quantitative estimate of drug-likeness (QED) is 0.870. The number of nitrogens with one attached hydrogen (secondary N) is 1. The largest absolute Gasteiger partial charge is 0.304 e. The Morgan fingerprint density at radius 2 is 2.26 bits per heavy atom. The molecule has 0 radical (unpaired) electrons. The Hall–Kier alpha value is -1.32. The molecule has 100 valence electrons. The number of benzene rings is 1. The molecule has 4 heteroatoms. The summed E-state index contributed by atoms with van der Waals surface area (Å²) in [5.41, 5.74) is 3.91. The van der Waals surface area contributed by atoms with Gasteiger partial charge >= 0.3 is 0 Å². The first kappa shape index (κ1) is 12.7. The average molecular weight is 276 g/mol. The second-order valence-electron chi connectivity index (χ2n) is 4.98. The predicted octanol–water partition coefficient (Wildman–Crippen LogP) is 2.90. The summed E-state index contributed by atoms with van der Waals surface area (Å²) in [5.74, 6) is 0. The van der Waals surface area contributed by atoms with E-state index in [2.05, 4.69) is 47.8 Å². The summed E-state index contributed by atoms with van der Waals surface area (Å²) >= 11 is 6.46. The molecule has 0 saturated heterocycles. The summed E-state index contributed by atoms with van der Waals surface area (Å²) in [6, 6.07) is 8.74. The summed E-state index contributed by atoms with van der Waals surface area (Å²) in [6.45, 7) is 3.80. The van der Waals surface area contributed by atoms with Gasteiger partial charge in [-0.25, -0.2) is 0 Å². The van der Waals surface area contributed by atoms with Gasteiger partial charge in [-0.05, 0) is 24.5 Å². The van der Waals surface area contributed by atoms with Crippen molar-refractivity contribution in [3.63, 3.8) is 0 Å². The van der Waals surface area contributed by atoms with Crippen molar-refractivity contribution in [3.8, 4) is 0 Å². The highest BCUT2D eigenvalue weighted by Crippen LogP contribution is 2.34. The van der Waals surface area contributed by atoms with E-state index in [9.17, 15) is 0 Å². The number of hydrogen-bond acceptors (Lipinski definition) is 2. The van der Waals surface area contributed by atoms with Crippen LogP contribution in [0.1, 0.15) is 29.7 Å². The van der Waals surface area contributed by atoms with Crippen LogP contribution in [0.15, 0.2) is 36.7 Å². The molecule has 0 amide bonds. The van der Waals surface area contributed by atoms with Crippen LogP contribution in [0.25, 0.3) is 0 Å². The van der Waals surface area contributed by atoms with Gasteiger partial charge < -0.3 is 5.32 Å². The Bertz CT molecular complexity index is 564. The highest BCUT2D eigenvalue weighted by molar-refractivity contribution is 6.21. The van der Waals surface area contributed by atoms with E-state index in [1.54, 1.807) is 0 Å². The molecule has 0 spiro atoms. The lowest BCUT2D eigenvalue weighted by Gasteiger charge is -2.16. The van der Waals surface area contributed by atoms with Crippen molar-refractivity contribution >= 4 is 11.6 Å². The van der Waals surface area contributed by atoms with Crippen LogP contribution in [0.3, 0.4) is 0 Å².